The quantitative estimate of drug-likeness (QED) is 0.605. The van der Waals surface area contributed by atoms with E-state index in [0.29, 0.717) is 13.0 Å². The van der Waals surface area contributed by atoms with E-state index in [1.165, 1.54) is 0 Å². The van der Waals surface area contributed by atoms with Gasteiger partial charge >= 0.3 is 0 Å². The summed E-state index contributed by atoms with van der Waals surface area (Å²) in [5.41, 5.74) is 5.30. The summed E-state index contributed by atoms with van der Waals surface area (Å²) in [5.74, 6) is 1.17. The summed E-state index contributed by atoms with van der Waals surface area (Å²) in [6, 6.07) is 0. The van der Waals surface area contributed by atoms with Gasteiger partial charge in [-0.15, -0.1) is 11.8 Å². The predicted octanol–water partition coefficient (Wildman–Crippen LogP) is 1.50. The van der Waals surface area contributed by atoms with E-state index in [9.17, 15) is 4.79 Å². The number of carbonyl (C=O) groups is 1. The average Bonchev–Trinajstić information content (AvgIpc) is 2.20. The van der Waals surface area contributed by atoms with E-state index in [-0.39, 0.29) is 5.91 Å². The number of carbonyl (C=O) groups excluding carboxylic acids is 1. The van der Waals surface area contributed by atoms with Crippen molar-refractivity contribution in [1.29, 1.82) is 0 Å². The minimum Gasteiger partial charge on any atom is -0.356 e. The molecule has 0 rings (SSSR count). The zero-order chi connectivity index (χ0) is 10.6. The molecule has 0 heterocycles. The maximum absolute atomic E-state index is 11.1. The molecule has 14 heavy (non-hydrogen) atoms. The number of hydrogen-bond acceptors (Lipinski definition) is 3. The van der Waals surface area contributed by atoms with E-state index < -0.39 is 0 Å². The standard InChI is InChI=1S/C10H20N2OS/c1-2-8-14-9-4-7-12-10(13)5-3-6-11/h2,8H,3-7,9,11H2,1H3,(H,12,13). The van der Waals surface area contributed by atoms with Crippen molar-refractivity contribution >= 4 is 17.7 Å². The number of nitrogens with one attached hydrogen (secondary N) is 1. The Labute approximate surface area is 90.5 Å². The molecule has 0 saturated carbocycles. The zero-order valence-electron chi connectivity index (χ0n) is 8.79. The average molecular weight is 216 g/mol. The maximum atomic E-state index is 11.1. The fraction of sp³-hybridized carbons (Fsp3) is 0.700. The Morgan fingerprint density at radius 1 is 1.50 bits per heavy atom. The molecule has 0 unspecified atom stereocenters. The van der Waals surface area contributed by atoms with Gasteiger partial charge in [-0.1, -0.05) is 6.08 Å². The molecule has 3 nitrogen and oxygen atoms in total. The summed E-state index contributed by atoms with van der Waals surface area (Å²) >= 11 is 1.77. The fourth-order valence-electron chi connectivity index (χ4n) is 0.899. The van der Waals surface area contributed by atoms with Crippen molar-refractivity contribution in [2.75, 3.05) is 18.8 Å². The Kier molecular flexibility index (Phi) is 10.2. The molecule has 3 N–H and O–H groups in total. The summed E-state index contributed by atoms with van der Waals surface area (Å²) in [6.07, 6.45) is 4.37. The van der Waals surface area contributed by atoms with Crippen LogP contribution in [0.15, 0.2) is 11.5 Å². The van der Waals surface area contributed by atoms with Gasteiger partial charge in [0, 0.05) is 13.0 Å². The summed E-state index contributed by atoms with van der Waals surface area (Å²) < 4.78 is 0. The molecule has 0 aliphatic carbocycles. The largest absolute Gasteiger partial charge is 0.356 e. The Balaban J connectivity index is 3.14. The number of hydrogen-bond donors (Lipinski definition) is 2. The molecule has 0 aliphatic rings. The lowest BCUT2D eigenvalue weighted by molar-refractivity contribution is -0.121. The van der Waals surface area contributed by atoms with E-state index >= 15 is 0 Å². The van der Waals surface area contributed by atoms with Gasteiger partial charge in [0.1, 0.15) is 0 Å². The molecule has 0 bridgehead atoms. The second-order valence-electron chi connectivity index (χ2n) is 2.94. The molecule has 0 aromatic carbocycles. The van der Waals surface area contributed by atoms with Crippen LogP contribution in [0, 0.1) is 0 Å². The molecule has 82 valence electrons. The second-order valence-corrected chi connectivity index (χ2v) is 3.95. The zero-order valence-corrected chi connectivity index (χ0v) is 9.61. The highest BCUT2D eigenvalue weighted by Crippen LogP contribution is 2.02. The summed E-state index contributed by atoms with van der Waals surface area (Å²) in [6.45, 7) is 3.36. The van der Waals surface area contributed by atoms with Crippen molar-refractivity contribution in [3.63, 3.8) is 0 Å². The Morgan fingerprint density at radius 3 is 2.93 bits per heavy atom. The van der Waals surface area contributed by atoms with Crippen molar-refractivity contribution in [1.82, 2.24) is 5.32 Å². The van der Waals surface area contributed by atoms with E-state index in [0.717, 1.165) is 25.1 Å². The maximum Gasteiger partial charge on any atom is 0.220 e. The highest BCUT2D eigenvalue weighted by Gasteiger charge is 1.98. The minimum absolute atomic E-state index is 0.117. The van der Waals surface area contributed by atoms with Crippen molar-refractivity contribution < 1.29 is 4.79 Å². The van der Waals surface area contributed by atoms with Crippen LogP contribution in [0.5, 0.6) is 0 Å². The molecular weight excluding hydrogens is 196 g/mol. The van der Waals surface area contributed by atoms with Crippen LogP contribution in [0.4, 0.5) is 0 Å². The van der Waals surface area contributed by atoms with Gasteiger partial charge in [0.2, 0.25) is 5.91 Å². The summed E-state index contributed by atoms with van der Waals surface area (Å²) in [5, 5.41) is 4.93. The number of rotatable bonds is 8. The highest BCUT2D eigenvalue weighted by molar-refractivity contribution is 8.02. The van der Waals surface area contributed by atoms with E-state index in [2.05, 4.69) is 10.7 Å². The van der Waals surface area contributed by atoms with Crippen LogP contribution in [0.2, 0.25) is 0 Å². The fourth-order valence-corrected chi connectivity index (χ4v) is 1.54. The van der Waals surface area contributed by atoms with Gasteiger partial charge in [-0.2, -0.15) is 0 Å². The third-order valence-electron chi connectivity index (χ3n) is 1.60. The first kappa shape index (κ1) is 13.5. The number of nitrogens with two attached hydrogens (primary N) is 1. The topological polar surface area (TPSA) is 55.1 Å². The molecule has 0 aliphatic heterocycles. The predicted molar refractivity (Wildman–Crippen MR) is 63.2 cm³/mol. The van der Waals surface area contributed by atoms with Crippen molar-refractivity contribution in [3.05, 3.63) is 11.5 Å². The molecule has 0 saturated heterocycles. The van der Waals surface area contributed by atoms with Crippen LogP contribution in [-0.2, 0) is 4.79 Å². The molecule has 0 spiro atoms. The molecule has 1 amide bonds. The third kappa shape index (κ3) is 9.61. The number of thioether (sulfide) groups is 1. The van der Waals surface area contributed by atoms with E-state index in [1.54, 1.807) is 11.8 Å². The van der Waals surface area contributed by atoms with Crippen LogP contribution in [0.3, 0.4) is 0 Å². The lowest BCUT2D eigenvalue weighted by Crippen LogP contribution is -2.25. The van der Waals surface area contributed by atoms with Crippen molar-refractivity contribution in [2.45, 2.75) is 26.2 Å². The molecule has 0 radical (unpaired) electrons. The highest BCUT2D eigenvalue weighted by atomic mass is 32.2. The minimum atomic E-state index is 0.117. The lowest BCUT2D eigenvalue weighted by Gasteiger charge is -2.03. The number of allylic oxidation sites excluding steroid dienone is 1. The van der Waals surface area contributed by atoms with E-state index in [1.807, 2.05) is 13.0 Å². The van der Waals surface area contributed by atoms with Crippen molar-refractivity contribution in [2.24, 2.45) is 5.73 Å². The normalized spacial score (nSPS) is 10.7. The first-order valence-corrected chi connectivity index (χ1v) is 6.05. The molecule has 0 aromatic heterocycles. The van der Waals surface area contributed by atoms with Gasteiger partial charge in [-0.3, -0.25) is 4.79 Å². The second kappa shape index (κ2) is 10.6. The smallest absolute Gasteiger partial charge is 0.220 e. The molecular formula is C10H20N2OS. The van der Waals surface area contributed by atoms with E-state index in [4.69, 9.17) is 5.73 Å². The Hall–Kier alpha value is -0.480. The monoisotopic (exact) mass is 216 g/mol. The summed E-state index contributed by atoms with van der Waals surface area (Å²) in [4.78, 5) is 11.1. The third-order valence-corrected chi connectivity index (χ3v) is 2.59. The van der Waals surface area contributed by atoms with Gasteiger partial charge in [0.25, 0.3) is 0 Å². The van der Waals surface area contributed by atoms with Crippen molar-refractivity contribution in [3.8, 4) is 0 Å². The Morgan fingerprint density at radius 2 is 2.29 bits per heavy atom. The molecule has 4 heteroatoms. The van der Waals surface area contributed by atoms with Gasteiger partial charge in [-0.25, -0.2) is 0 Å². The van der Waals surface area contributed by atoms with Gasteiger partial charge in [0.15, 0.2) is 0 Å². The Bertz CT molecular complexity index is 172. The molecule has 0 aromatic rings. The van der Waals surface area contributed by atoms with Crippen LogP contribution in [0.25, 0.3) is 0 Å². The number of amides is 1. The van der Waals surface area contributed by atoms with Gasteiger partial charge in [-0.05, 0) is 37.5 Å². The lowest BCUT2D eigenvalue weighted by atomic mass is 10.3. The van der Waals surface area contributed by atoms with Crippen LogP contribution >= 0.6 is 11.8 Å². The van der Waals surface area contributed by atoms with Gasteiger partial charge in [0.05, 0.1) is 0 Å². The first-order valence-electron chi connectivity index (χ1n) is 5.00. The molecule has 0 atom stereocenters. The van der Waals surface area contributed by atoms with Crippen LogP contribution in [0.1, 0.15) is 26.2 Å². The first-order chi connectivity index (χ1) is 6.81. The van der Waals surface area contributed by atoms with Gasteiger partial charge < -0.3 is 11.1 Å². The SMILES string of the molecule is CC=CSCCCNC(=O)CCCN. The van der Waals surface area contributed by atoms with Crippen LogP contribution in [-0.4, -0.2) is 24.7 Å². The molecule has 0 fully saturated rings. The summed E-state index contributed by atoms with van der Waals surface area (Å²) in [7, 11) is 0. The van der Waals surface area contributed by atoms with Crippen LogP contribution < -0.4 is 11.1 Å².